The molecule has 1 amide bonds. The molecule has 2 aromatic rings. The van der Waals surface area contributed by atoms with Crippen molar-refractivity contribution >= 4 is 28.2 Å². The lowest BCUT2D eigenvalue weighted by atomic mass is 9.95. The first kappa shape index (κ1) is 20.6. The molecular formula is C21H29N3O3S. The van der Waals surface area contributed by atoms with Crippen molar-refractivity contribution in [3.63, 3.8) is 0 Å². The number of esters is 1. The van der Waals surface area contributed by atoms with Gasteiger partial charge in [0, 0.05) is 22.7 Å². The number of aryl methyl sites for hydroxylation is 2. The highest BCUT2D eigenvalue weighted by Gasteiger charge is 2.27. The first-order valence-corrected chi connectivity index (χ1v) is 10.7. The molecule has 0 bridgehead atoms. The molecule has 0 aliphatic heterocycles. The monoisotopic (exact) mass is 403 g/mol. The minimum atomic E-state index is -0.369. The summed E-state index contributed by atoms with van der Waals surface area (Å²) in [7, 11) is 1.39. The molecule has 2 heterocycles. The zero-order chi connectivity index (χ0) is 20.4. The Morgan fingerprint density at radius 1 is 1.25 bits per heavy atom. The van der Waals surface area contributed by atoms with Gasteiger partial charge in [-0.2, -0.15) is 5.10 Å². The molecule has 0 saturated heterocycles. The van der Waals surface area contributed by atoms with E-state index in [4.69, 9.17) is 4.74 Å². The summed E-state index contributed by atoms with van der Waals surface area (Å²) in [5, 5.41) is 8.18. The third-order valence-corrected chi connectivity index (χ3v) is 6.43. The average Bonchev–Trinajstić information content (AvgIpc) is 3.12. The number of hydrogen-bond donors (Lipinski definition) is 1. The van der Waals surface area contributed by atoms with Crippen molar-refractivity contribution in [2.24, 2.45) is 5.92 Å². The SMILES string of the molecule is COC(=O)c1c(NC(=O)Cc2c(C)nn(CC(C)C)c2C)sc2c1CCCC2. The summed E-state index contributed by atoms with van der Waals surface area (Å²) < 4.78 is 6.96. The molecule has 0 spiro atoms. The minimum absolute atomic E-state index is 0.126. The van der Waals surface area contributed by atoms with Gasteiger partial charge in [-0.05, 0) is 51.0 Å². The number of fused-ring (bicyclic) bond motifs is 1. The van der Waals surface area contributed by atoms with Gasteiger partial charge in [0.15, 0.2) is 0 Å². The molecule has 0 saturated carbocycles. The Hall–Kier alpha value is -2.15. The number of hydrogen-bond acceptors (Lipinski definition) is 5. The standard InChI is InChI=1S/C21H29N3O3S/c1-12(2)11-24-14(4)16(13(3)23-24)10-18(25)22-20-19(21(26)27-5)15-8-6-7-9-17(15)28-20/h12H,6-11H2,1-5H3,(H,22,25). The van der Waals surface area contributed by atoms with Crippen LogP contribution in [-0.4, -0.2) is 28.8 Å². The number of thiophene rings is 1. The van der Waals surface area contributed by atoms with Crippen LogP contribution in [0.4, 0.5) is 5.00 Å². The first-order chi connectivity index (χ1) is 13.3. The third-order valence-electron chi connectivity index (χ3n) is 5.22. The van der Waals surface area contributed by atoms with E-state index in [2.05, 4.69) is 24.3 Å². The maximum absolute atomic E-state index is 12.8. The van der Waals surface area contributed by atoms with Gasteiger partial charge in [0.1, 0.15) is 5.00 Å². The van der Waals surface area contributed by atoms with E-state index in [1.807, 2.05) is 18.5 Å². The average molecular weight is 404 g/mol. The Morgan fingerprint density at radius 2 is 1.96 bits per heavy atom. The van der Waals surface area contributed by atoms with Crippen LogP contribution in [0.5, 0.6) is 0 Å². The van der Waals surface area contributed by atoms with Gasteiger partial charge in [-0.25, -0.2) is 4.79 Å². The molecule has 1 N–H and O–H groups in total. The lowest BCUT2D eigenvalue weighted by molar-refractivity contribution is -0.115. The molecule has 0 fully saturated rings. The molecule has 7 heteroatoms. The smallest absolute Gasteiger partial charge is 0.341 e. The van der Waals surface area contributed by atoms with Gasteiger partial charge in [0.2, 0.25) is 5.91 Å². The second-order valence-corrected chi connectivity index (χ2v) is 8.96. The summed E-state index contributed by atoms with van der Waals surface area (Å²) in [5.74, 6) is -0.00871. The second-order valence-electron chi connectivity index (χ2n) is 7.86. The molecule has 0 unspecified atom stereocenters. The fourth-order valence-corrected chi connectivity index (χ4v) is 5.11. The molecule has 6 nitrogen and oxygen atoms in total. The lowest BCUT2D eigenvalue weighted by Gasteiger charge is -2.12. The van der Waals surface area contributed by atoms with Crippen LogP contribution in [0.3, 0.4) is 0 Å². The van der Waals surface area contributed by atoms with Crippen molar-refractivity contribution in [1.82, 2.24) is 9.78 Å². The van der Waals surface area contributed by atoms with Crippen LogP contribution >= 0.6 is 11.3 Å². The Balaban J connectivity index is 1.82. The number of ether oxygens (including phenoxy) is 1. The number of anilines is 1. The molecule has 0 aromatic carbocycles. The number of rotatable bonds is 6. The summed E-state index contributed by atoms with van der Waals surface area (Å²) in [6, 6.07) is 0. The molecule has 28 heavy (non-hydrogen) atoms. The van der Waals surface area contributed by atoms with Crippen molar-refractivity contribution < 1.29 is 14.3 Å². The molecule has 0 radical (unpaired) electrons. The van der Waals surface area contributed by atoms with Gasteiger partial charge in [0.25, 0.3) is 0 Å². The van der Waals surface area contributed by atoms with E-state index >= 15 is 0 Å². The van der Waals surface area contributed by atoms with E-state index in [9.17, 15) is 9.59 Å². The quantitative estimate of drug-likeness (QED) is 0.738. The Bertz CT molecular complexity index is 895. The summed E-state index contributed by atoms with van der Waals surface area (Å²) in [6.07, 6.45) is 4.26. The maximum Gasteiger partial charge on any atom is 0.341 e. The van der Waals surface area contributed by atoms with E-state index in [0.29, 0.717) is 16.5 Å². The van der Waals surface area contributed by atoms with Crippen LogP contribution in [0, 0.1) is 19.8 Å². The van der Waals surface area contributed by atoms with Gasteiger partial charge in [-0.3, -0.25) is 9.48 Å². The number of carbonyl (C=O) groups excluding carboxylic acids is 2. The van der Waals surface area contributed by atoms with Crippen LogP contribution in [0.25, 0.3) is 0 Å². The number of nitrogens with zero attached hydrogens (tertiary/aromatic N) is 2. The van der Waals surface area contributed by atoms with Crippen molar-refractivity contribution in [2.75, 3.05) is 12.4 Å². The minimum Gasteiger partial charge on any atom is -0.465 e. The van der Waals surface area contributed by atoms with Crippen LogP contribution in [0.15, 0.2) is 0 Å². The summed E-state index contributed by atoms with van der Waals surface area (Å²) in [6.45, 7) is 9.08. The van der Waals surface area contributed by atoms with Crippen molar-refractivity contribution in [3.8, 4) is 0 Å². The van der Waals surface area contributed by atoms with Crippen LogP contribution in [0.2, 0.25) is 0 Å². The van der Waals surface area contributed by atoms with E-state index in [-0.39, 0.29) is 18.3 Å². The van der Waals surface area contributed by atoms with Crippen LogP contribution in [0.1, 0.15) is 64.4 Å². The number of aromatic nitrogens is 2. The maximum atomic E-state index is 12.8. The Labute approximate surface area is 170 Å². The number of amides is 1. The highest BCUT2D eigenvalue weighted by Crippen LogP contribution is 2.38. The Morgan fingerprint density at radius 3 is 2.64 bits per heavy atom. The van der Waals surface area contributed by atoms with Crippen molar-refractivity contribution in [1.29, 1.82) is 0 Å². The Kier molecular flexibility index (Phi) is 6.23. The number of nitrogens with one attached hydrogen (secondary N) is 1. The molecule has 0 atom stereocenters. The summed E-state index contributed by atoms with van der Waals surface area (Å²) in [5.41, 5.74) is 4.46. The number of methoxy groups -OCH3 is 1. The first-order valence-electron chi connectivity index (χ1n) is 9.87. The summed E-state index contributed by atoms with van der Waals surface area (Å²) in [4.78, 5) is 26.3. The van der Waals surface area contributed by atoms with Crippen molar-refractivity contribution in [3.05, 3.63) is 33.0 Å². The highest BCUT2D eigenvalue weighted by molar-refractivity contribution is 7.17. The van der Waals surface area contributed by atoms with E-state index < -0.39 is 0 Å². The molecule has 152 valence electrons. The van der Waals surface area contributed by atoms with E-state index in [1.165, 1.54) is 23.3 Å². The molecule has 1 aliphatic carbocycles. The van der Waals surface area contributed by atoms with Gasteiger partial charge < -0.3 is 10.1 Å². The molecule has 1 aliphatic rings. The lowest BCUT2D eigenvalue weighted by Crippen LogP contribution is -2.17. The second kappa shape index (κ2) is 8.47. The predicted octanol–water partition coefficient (Wildman–Crippen LogP) is 4.06. The van der Waals surface area contributed by atoms with E-state index in [0.717, 1.165) is 54.7 Å². The normalized spacial score (nSPS) is 13.5. The molecule has 2 aromatic heterocycles. The largest absolute Gasteiger partial charge is 0.465 e. The zero-order valence-corrected chi connectivity index (χ0v) is 18.2. The van der Waals surface area contributed by atoms with Crippen LogP contribution in [-0.2, 0) is 35.3 Å². The zero-order valence-electron chi connectivity index (χ0n) is 17.3. The molecule has 3 rings (SSSR count). The van der Waals surface area contributed by atoms with Gasteiger partial charge in [-0.15, -0.1) is 11.3 Å². The van der Waals surface area contributed by atoms with Gasteiger partial charge in [-0.1, -0.05) is 13.8 Å². The fourth-order valence-electron chi connectivity index (χ4n) is 3.82. The van der Waals surface area contributed by atoms with Gasteiger partial charge in [0.05, 0.1) is 24.8 Å². The molecular weight excluding hydrogens is 374 g/mol. The fraction of sp³-hybridized carbons (Fsp3) is 0.571. The van der Waals surface area contributed by atoms with Gasteiger partial charge >= 0.3 is 5.97 Å². The van der Waals surface area contributed by atoms with Crippen LogP contribution < -0.4 is 5.32 Å². The highest BCUT2D eigenvalue weighted by atomic mass is 32.1. The topological polar surface area (TPSA) is 73.2 Å². The summed E-state index contributed by atoms with van der Waals surface area (Å²) >= 11 is 1.51. The van der Waals surface area contributed by atoms with E-state index in [1.54, 1.807) is 0 Å². The number of carbonyl (C=O) groups is 2. The third kappa shape index (κ3) is 4.14. The van der Waals surface area contributed by atoms with Crippen molar-refractivity contribution in [2.45, 2.75) is 66.3 Å². The predicted molar refractivity (Wildman–Crippen MR) is 111 cm³/mol.